The number of anilines is 4. The van der Waals surface area contributed by atoms with Gasteiger partial charge in [-0.25, -0.2) is 4.98 Å². The molecule has 0 atom stereocenters. The molecule has 2 aromatic heterocycles. The molecular formula is C20H14N4OS. The van der Waals surface area contributed by atoms with Gasteiger partial charge in [0.15, 0.2) is 10.7 Å². The van der Waals surface area contributed by atoms with Crippen LogP contribution in [0, 0.1) is 0 Å². The Labute approximate surface area is 153 Å². The van der Waals surface area contributed by atoms with Crippen molar-refractivity contribution in [2.24, 2.45) is 0 Å². The maximum atomic E-state index is 5.69. The van der Waals surface area contributed by atoms with Gasteiger partial charge in [0.25, 0.3) is 6.01 Å². The van der Waals surface area contributed by atoms with E-state index in [-0.39, 0.29) is 0 Å². The molecule has 0 fully saturated rings. The zero-order valence-electron chi connectivity index (χ0n) is 13.6. The fourth-order valence-electron chi connectivity index (χ4n) is 2.74. The zero-order chi connectivity index (χ0) is 17.3. The normalized spacial score (nSPS) is 11.1. The average molecular weight is 358 g/mol. The number of hydrogen-bond donors (Lipinski definition) is 2. The maximum Gasteiger partial charge on any atom is 0.300 e. The molecule has 0 aliphatic carbocycles. The van der Waals surface area contributed by atoms with Crippen molar-refractivity contribution in [3.63, 3.8) is 0 Å². The van der Waals surface area contributed by atoms with E-state index in [1.165, 1.54) is 4.70 Å². The van der Waals surface area contributed by atoms with Gasteiger partial charge < -0.3 is 15.1 Å². The lowest BCUT2D eigenvalue weighted by molar-refractivity contribution is 0.623. The number of oxazole rings is 1. The topological polar surface area (TPSA) is 63.0 Å². The van der Waals surface area contributed by atoms with E-state index in [1.54, 1.807) is 11.3 Å². The van der Waals surface area contributed by atoms with E-state index >= 15 is 0 Å². The van der Waals surface area contributed by atoms with Crippen molar-refractivity contribution < 1.29 is 4.42 Å². The third kappa shape index (κ3) is 2.87. The second-order valence-corrected chi connectivity index (χ2v) is 6.83. The van der Waals surface area contributed by atoms with Crippen molar-refractivity contribution in [3.05, 3.63) is 72.8 Å². The molecule has 2 heterocycles. The third-order valence-electron chi connectivity index (χ3n) is 3.98. The lowest BCUT2D eigenvalue weighted by Crippen LogP contribution is -1.92. The zero-order valence-corrected chi connectivity index (χ0v) is 14.5. The summed E-state index contributed by atoms with van der Waals surface area (Å²) < 4.78 is 6.86. The van der Waals surface area contributed by atoms with Gasteiger partial charge in [0.2, 0.25) is 0 Å². The number of nitrogens with one attached hydrogen (secondary N) is 2. The Hall–Kier alpha value is -3.38. The van der Waals surface area contributed by atoms with Crippen molar-refractivity contribution in [1.29, 1.82) is 0 Å². The molecular weight excluding hydrogens is 344 g/mol. The molecule has 0 aliphatic rings. The fraction of sp³-hybridized carbons (Fsp3) is 0. The Morgan fingerprint density at radius 3 is 2.15 bits per heavy atom. The monoisotopic (exact) mass is 358 g/mol. The van der Waals surface area contributed by atoms with Crippen molar-refractivity contribution in [2.45, 2.75) is 0 Å². The minimum Gasteiger partial charge on any atom is -0.423 e. The van der Waals surface area contributed by atoms with E-state index < -0.39 is 0 Å². The summed E-state index contributed by atoms with van der Waals surface area (Å²) in [6.07, 6.45) is 0. The highest BCUT2D eigenvalue weighted by molar-refractivity contribution is 7.22. The molecule has 2 N–H and O–H groups in total. The van der Waals surface area contributed by atoms with Crippen LogP contribution in [0.5, 0.6) is 0 Å². The molecule has 26 heavy (non-hydrogen) atoms. The van der Waals surface area contributed by atoms with Crippen LogP contribution >= 0.6 is 11.3 Å². The SMILES string of the molecule is c1ccc2oc(Nc3ccc(Nc4nc5ccccc5s4)cc3)nc2c1. The van der Waals surface area contributed by atoms with Crippen LogP contribution in [0.2, 0.25) is 0 Å². The second kappa shape index (κ2) is 6.16. The molecule has 0 saturated carbocycles. The number of benzene rings is 3. The van der Waals surface area contributed by atoms with Gasteiger partial charge in [-0.3, -0.25) is 0 Å². The molecule has 5 aromatic rings. The van der Waals surface area contributed by atoms with Crippen LogP contribution in [-0.2, 0) is 0 Å². The summed E-state index contributed by atoms with van der Waals surface area (Å²) in [4.78, 5) is 9.01. The molecule has 6 heteroatoms. The molecule has 0 radical (unpaired) electrons. The summed E-state index contributed by atoms with van der Waals surface area (Å²) in [5.74, 6) is 0. The van der Waals surface area contributed by atoms with Crippen molar-refractivity contribution in [3.8, 4) is 0 Å². The van der Waals surface area contributed by atoms with Gasteiger partial charge in [-0.1, -0.05) is 35.6 Å². The molecule has 0 unspecified atom stereocenters. The number of thiazole rings is 1. The fourth-order valence-corrected chi connectivity index (χ4v) is 3.62. The van der Waals surface area contributed by atoms with Crippen LogP contribution in [0.4, 0.5) is 22.5 Å². The minimum atomic E-state index is 0.484. The average Bonchev–Trinajstić information content (AvgIpc) is 3.25. The first kappa shape index (κ1) is 14.9. The molecule has 0 spiro atoms. The number of nitrogens with zero attached hydrogens (tertiary/aromatic N) is 2. The van der Waals surface area contributed by atoms with Gasteiger partial charge in [-0.05, 0) is 48.5 Å². The van der Waals surface area contributed by atoms with Gasteiger partial charge in [0.05, 0.1) is 10.2 Å². The molecule has 0 bridgehead atoms. The highest BCUT2D eigenvalue weighted by Crippen LogP contribution is 2.29. The van der Waals surface area contributed by atoms with E-state index in [4.69, 9.17) is 4.42 Å². The van der Waals surface area contributed by atoms with Gasteiger partial charge >= 0.3 is 0 Å². The number of fused-ring (bicyclic) bond motifs is 2. The number of para-hydroxylation sites is 3. The Morgan fingerprint density at radius 2 is 1.38 bits per heavy atom. The van der Waals surface area contributed by atoms with Crippen LogP contribution in [0.3, 0.4) is 0 Å². The van der Waals surface area contributed by atoms with Crippen LogP contribution in [0.1, 0.15) is 0 Å². The van der Waals surface area contributed by atoms with Crippen LogP contribution in [-0.4, -0.2) is 9.97 Å². The van der Waals surface area contributed by atoms with Crippen molar-refractivity contribution >= 4 is 55.2 Å². The Bertz CT molecular complexity index is 1030. The highest BCUT2D eigenvalue weighted by Gasteiger charge is 2.06. The summed E-state index contributed by atoms with van der Waals surface area (Å²) in [6.45, 7) is 0. The Kier molecular flexibility index (Phi) is 3.54. The second-order valence-electron chi connectivity index (χ2n) is 5.80. The minimum absolute atomic E-state index is 0.484. The van der Waals surface area contributed by atoms with E-state index in [9.17, 15) is 0 Å². The molecule has 0 amide bonds. The van der Waals surface area contributed by atoms with E-state index in [0.717, 1.165) is 33.1 Å². The van der Waals surface area contributed by atoms with Gasteiger partial charge in [-0.15, -0.1) is 0 Å². The first-order valence-corrected chi connectivity index (χ1v) is 9.00. The largest absolute Gasteiger partial charge is 0.423 e. The first-order valence-electron chi connectivity index (χ1n) is 8.19. The predicted molar refractivity (Wildman–Crippen MR) is 107 cm³/mol. The van der Waals surface area contributed by atoms with E-state index in [1.807, 2.05) is 66.7 Å². The van der Waals surface area contributed by atoms with E-state index in [2.05, 4.69) is 26.7 Å². The van der Waals surface area contributed by atoms with Crippen LogP contribution in [0.25, 0.3) is 21.3 Å². The summed E-state index contributed by atoms with van der Waals surface area (Å²) in [6, 6.07) is 24.2. The summed E-state index contributed by atoms with van der Waals surface area (Å²) >= 11 is 1.64. The number of aromatic nitrogens is 2. The van der Waals surface area contributed by atoms with Gasteiger partial charge in [0, 0.05) is 11.4 Å². The summed E-state index contributed by atoms with van der Waals surface area (Å²) in [5.41, 5.74) is 4.50. The Balaban J connectivity index is 1.33. The predicted octanol–water partition coefficient (Wildman–Crippen LogP) is 5.92. The van der Waals surface area contributed by atoms with Crippen molar-refractivity contribution in [1.82, 2.24) is 9.97 Å². The molecule has 0 saturated heterocycles. The summed E-state index contributed by atoms with van der Waals surface area (Å²) in [7, 11) is 0. The number of rotatable bonds is 4. The lowest BCUT2D eigenvalue weighted by Gasteiger charge is -2.05. The first-order chi connectivity index (χ1) is 12.8. The molecule has 126 valence electrons. The van der Waals surface area contributed by atoms with Crippen LogP contribution < -0.4 is 10.6 Å². The van der Waals surface area contributed by atoms with Crippen molar-refractivity contribution in [2.75, 3.05) is 10.6 Å². The van der Waals surface area contributed by atoms with Crippen LogP contribution in [0.15, 0.2) is 77.2 Å². The molecule has 0 aliphatic heterocycles. The smallest absolute Gasteiger partial charge is 0.300 e. The quantitative estimate of drug-likeness (QED) is 0.417. The number of hydrogen-bond acceptors (Lipinski definition) is 6. The third-order valence-corrected chi connectivity index (χ3v) is 4.93. The molecule has 3 aromatic carbocycles. The maximum absolute atomic E-state index is 5.69. The molecule has 5 rings (SSSR count). The van der Waals surface area contributed by atoms with Gasteiger partial charge in [-0.2, -0.15) is 4.98 Å². The standard InChI is InChI=1S/C20H14N4OS/c1-3-7-17-15(5-1)23-19(25-17)21-13-9-11-14(12-10-13)22-20-24-16-6-2-4-8-18(16)26-20/h1-12H,(H,21,23)(H,22,24). The summed E-state index contributed by atoms with van der Waals surface area (Å²) in [5, 5.41) is 7.41. The molecule has 5 nitrogen and oxygen atoms in total. The lowest BCUT2D eigenvalue weighted by atomic mass is 10.3. The van der Waals surface area contributed by atoms with Gasteiger partial charge in [0.1, 0.15) is 5.52 Å². The van der Waals surface area contributed by atoms with E-state index in [0.29, 0.717) is 6.01 Å². The Morgan fingerprint density at radius 1 is 0.692 bits per heavy atom. The highest BCUT2D eigenvalue weighted by atomic mass is 32.1.